The van der Waals surface area contributed by atoms with E-state index in [-0.39, 0.29) is 5.92 Å². The molecule has 0 fully saturated rings. The van der Waals surface area contributed by atoms with Crippen molar-refractivity contribution >= 4 is 60.3 Å². The van der Waals surface area contributed by atoms with Crippen LogP contribution in [0.15, 0.2) is 194 Å². The van der Waals surface area contributed by atoms with Crippen LogP contribution in [0.1, 0.15) is 46.2 Å². The molecule has 0 bridgehead atoms. The molecule has 0 atom stereocenters. The highest BCUT2D eigenvalue weighted by atomic mass is 31.2. The maximum absolute atomic E-state index is 7.14. The third kappa shape index (κ3) is 8.96. The van der Waals surface area contributed by atoms with E-state index >= 15 is 0 Å². The van der Waals surface area contributed by atoms with Crippen molar-refractivity contribution < 1.29 is 27.1 Å². The van der Waals surface area contributed by atoms with Gasteiger partial charge in [0.1, 0.15) is 34.5 Å². The Hall–Kier alpha value is -7.10. The summed E-state index contributed by atoms with van der Waals surface area (Å²) in [7, 11) is -4.12. The standard InChI is InChI=1S/C58H48O6P2/c1-38-34-40(3)57(63-65(59-53-30-14-22-43-18-6-10-26-47(43)53)60-54-31-15-23-44-19-7-11-27-48(44)54)51(36-38)42(5)52-37-39(2)35-41(4)58(52)64-66(61-55-32-16-24-45-20-8-12-28-49(45)55)62-56-33-17-25-46-21-9-13-29-50(46)56/h6-37,42H,1-5H3. The highest BCUT2D eigenvalue weighted by Crippen LogP contribution is 2.52. The van der Waals surface area contributed by atoms with Gasteiger partial charge >= 0.3 is 17.2 Å². The fourth-order valence-electron chi connectivity index (χ4n) is 8.72. The molecule has 0 N–H and O–H groups in total. The Morgan fingerprint density at radius 2 is 0.591 bits per heavy atom. The van der Waals surface area contributed by atoms with Gasteiger partial charge in [-0.15, -0.1) is 0 Å². The lowest BCUT2D eigenvalue weighted by molar-refractivity contribution is 0.386. The number of hydrogen-bond acceptors (Lipinski definition) is 6. The van der Waals surface area contributed by atoms with E-state index in [1.54, 1.807) is 0 Å². The summed E-state index contributed by atoms with van der Waals surface area (Å²) in [5.74, 6) is 3.84. The van der Waals surface area contributed by atoms with E-state index in [4.69, 9.17) is 27.1 Å². The fourth-order valence-corrected chi connectivity index (χ4v) is 11.0. The summed E-state index contributed by atoms with van der Waals surface area (Å²) in [4.78, 5) is 0. The Bertz CT molecular complexity index is 2980. The minimum atomic E-state index is -2.06. The summed E-state index contributed by atoms with van der Waals surface area (Å²) < 4.78 is 41.7. The van der Waals surface area contributed by atoms with Crippen molar-refractivity contribution in [3.05, 3.63) is 228 Å². The van der Waals surface area contributed by atoms with Crippen LogP contribution in [0.4, 0.5) is 0 Å². The van der Waals surface area contributed by atoms with Gasteiger partial charge in [-0.05, 0) is 84.6 Å². The minimum absolute atomic E-state index is 0.230. The number of rotatable bonds is 14. The molecular formula is C58H48O6P2. The number of hydrogen-bond donors (Lipinski definition) is 0. The van der Waals surface area contributed by atoms with Crippen molar-refractivity contribution in [3.63, 3.8) is 0 Å². The van der Waals surface area contributed by atoms with Crippen LogP contribution in [0, 0.1) is 27.7 Å². The predicted molar refractivity (Wildman–Crippen MR) is 273 cm³/mol. The summed E-state index contributed by atoms with van der Waals surface area (Å²) in [6, 6.07) is 65.6. The van der Waals surface area contributed by atoms with Gasteiger partial charge in [0.2, 0.25) is 0 Å². The van der Waals surface area contributed by atoms with Gasteiger partial charge < -0.3 is 27.1 Å². The van der Waals surface area contributed by atoms with Gasteiger partial charge in [-0.2, -0.15) is 0 Å². The van der Waals surface area contributed by atoms with Crippen LogP contribution in [0.3, 0.4) is 0 Å². The van der Waals surface area contributed by atoms with E-state index in [9.17, 15) is 0 Å². The van der Waals surface area contributed by atoms with E-state index in [0.717, 1.165) is 76.5 Å². The minimum Gasteiger partial charge on any atom is -0.408 e. The second-order valence-electron chi connectivity index (χ2n) is 16.6. The average molecular weight is 903 g/mol. The molecule has 0 unspecified atom stereocenters. The summed E-state index contributed by atoms with van der Waals surface area (Å²) in [6.45, 7) is 10.6. The Kier molecular flexibility index (Phi) is 12.2. The van der Waals surface area contributed by atoms with Crippen LogP contribution in [0.2, 0.25) is 0 Å². The molecule has 0 spiro atoms. The summed E-state index contributed by atoms with van der Waals surface area (Å²) in [5.41, 5.74) is 6.05. The molecule has 66 heavy (non-hydrogen) atoms. The highest BCUT2D eigenvalue weighted by molar-refractivity contribution is 7.43. The average Bonchev–Trinajstić information content (AvgIpc) is 3.33. The molecule has 10 aromatic carbocycles. The second-order valence-corrected chi connectivity index (χ2v) is 18.6. The fraction of sp³-hybridized carbons (Fsp3) is 0.103. The maximum Gasteiger partial charge on any atom is 0.530 e. The summed E-state index contributed by atoms with van der Waals surface area (Å²) in [6.07, 6.45) is 0. The molecule has 0 saturated carbocycles. The summed E-state index contributed by atoms with van der Waals surface area (Å²) >= 11 is 0. The summed E-state index contributed by atoms with van der Waals surface area (Å²) in [5, 5.41) is 8.13. The Morgan fingerprint density at radius 1 is 0.318 bits per heavy atom. The molecule has 0 aliphatic carbocycles. The smallest absolute Gasteiger partial charge is 0.408 e. The van der Waals surface area contributed by atoms with E-state index in [0.29, 0.717) is 34.5 Å². The van der Waals surface area contributed by atoms with E-state index < -0.39 is 17.2 Å². The van der Waals surface area contributed by atoms with Gasteiger partial charge in [0.25, 0.3) is 0 Å². The predicted octanol–water partition coefficient (Wildman–Crippen LogP) is 17.2. The zero-order valence-electron chi connectivity index (χ0n) is 37.4. The third-order valence-electron chi connectivity index (χ3n) is 11.9. The molecule has 6 nitrogen and oxygen atoms in total. The van der Waals surface area contributed by atoms with E-state index in [1.807, 2.05) is 97.1 Å². The molecule has 0 aliphatic rings. The molecule has 0 aliphatic heterocycles. The zero-order chi connectivity index (χ0) is 45.1. The van der Waals surface area contributed by atoms with Gasteiger partial charge in [-0.1, -0.05) is 188 Å². The van der Waals surface area contributed by atoms with Crippen molar-refractivity contribution in [2.45, 2.75) is 40.5 Å². The largest absolute Gasteiger partial charge is 0.530 e. The van der Waals surface area contributed by atoms with Gasteiger partial charge in [0.15, 0.2) is 0 Å². The van der Waals surface area contributed by atoms with Gasteiger partial charge in [0.05, 0.1) is 0 Å². The lowest BCUT2D eigenvalue weighted by Crippen LogP contribution is -2.10. The molecule has 10 rings (SSSR count). The SMILES string of the molecule is Cc1cc(C)c(OP(Oc2cccc3ccccc23)Oc2cccc3ccccc23)c(C(C)c2cc(C)cc(C)c2OP(Oc2cccc3ccccc23)Oc2cccc3ccccc23)c1. The number of benzene rings is 10. The first-order valence-electron chi connectivity index (χ1n) is 22.1. The van der Waals surface area contributed by atoms with Gasteiger partial charge in [0, 0.05) is 38.6 Å². The van der Waals surface area contributed by atoms with Crippen LogP contribution in [0.5, 0.6) is 34.5 Å². The van der Waals surface area contributed by atoms with Crippen LogP contribution in [-0.4, -0.2) is 0 Å². The Balaban J connectivity index is 1.05. The van der Waals surface area contributed by atoms with Crippen LogP contribution < -0.4 is 27.1 Å². The number of aryl methyl sites for hydroxylation is 4. The third-order valence-corrected chi connectivity index (χ3v) is 13.9. The van der Waals surface area contributed by atoms with E-state index in [2.05, 4.69) is 132 Å². The molecule has 326 valence electrons. The molecule has 10 aromatic rings. The molecule has 0 aromatic heterocycles. The van der Waals surface area contributed by atoms with Gasteiger partial charge in [-0.25, -0.2) is 0 Å². The van der Waals surface area contributed by atoms with Crippen molar-refractivity contribution in [3.8, 4) is 34.5 Å². The Morgan fingerprint density at radius 3 is 0.894 bits per heavy atom. The first-order valence-corrected chi connectivity index (χ1v) is 24.3. The second kappa shape index (κ2) is 18.8. The lowest BCUT2D eigenvalue weighted by atomic mass is 9.87. The first-order chi connectivity index (χ1) is 32.3. The van der Waals surface area contributed by atoms with Gasteiger partial charge in [-0.3, -0.25) is 0 Å². The molecular weight excluding hydrogens is 855 g/mol. The van der Waals surface area contributed by atoms with Crippen LogP contribution in [-0.2, 0) is 0 Å². The normalized spacial score (nSPS) is 11.5. The van der Waals surface area contributed by atoms with Crippen LogP contribution in [0.25, 0.3) is 43.1 Å². The zero-order valence-corrected chi connectivity index (χ0v) is 39.2. The molecule has 0 heterocycles. The van der Waals surface area contributed by atoms with Crippen molar-refractivity contribution in [1.82, 2.24) is 0 Å². The van der Waals surface area contributed by atoms with E-state index in [1.165, 1.54) is 0 Å². The van der Waals surface area contributed by atoms with Crippen molar-refractivity contribution in [1.29, 1.82) is 0 Å². The number of fused-ring (bicyclic) bond motifs is 4. The lowest BCUT2D eigenvalue weighted by Gasteiger charge is -2.27. The monoisotopic (exact) mass is 902 g/mol. The molecule has 8 heteroatoms. The maximum atomic E-state index is 7.14. The molecule has 0 radical (unpaired) electrons. The van der Waals surface area contributed by atoms with Crippen LogP contribution >= 0.6 is 17.2 Å². The molecule has 0 saturated heterocycles. The van der Waals surface area contributed by atoms with Crippen molar-refractivity contribution in [2.24, 2.45) is 0 Å². The first kappa shape index (κ1) is 42.8. The topological polar surface area (TPSA) is 55.4 Å². The Labute approximate surface area is 388 Å². The van der Waals surface area contributed by atoms with Crippen molar-refractivity contribution in [2.75, 3.05) is 0 Å². The highest BCUT2D eigenvalue weighted by Gasteiger charge is 2.30. The molecule has 0 amide bonds. The quantitative estimate of drug-likeness (QED) is 0.101.